The Morgan fingerprint density at radius 1 is 1.06 bits per heavy atom. The smallest absolute Gasteiger partial charge is 0.307 e. The Morgan fingerprint density at radius 2 is 1.72 bits per heavy atom. The zero-order valence-electron chi connectivity index (χ0n) is 20.1. The molecule has 0 aliphatic carbocycles. The molecule has 2 rings (SSSR count). The lowest BCUT2D eigenvalue weighted by molar-refractivity contribution is -0.393. The fourth-order valence-corrected chi connectivity index (χ4v) is 3.03. The number of anilines is 2. The van der Waals surface area contributed by atoms with Gasteiger partial charge < -0.3 is 15.0 Å². The number of esters is 1. The molecule has 0 radical (unpaired) electrons. The molecule has 1 amide bonds. The Balaban J connectivity index is 2.32. The third-order valence-electron chi connectivity index (χ3n) is 4.74. The number of ether oxygens (including phenoxy) is 1. The zero-order chi connectivity index (χ0) is 26.8. The molecule has 190 valence electrons. The highest BCUT2D eigenvalue weighted by atomic mass is 16.6. The van der Waals surface area contributed by atoms with E-state index in [1.807, 2.05) is 11.8 Å². The van der Waals surface area contributed by atoms with Crippen molar-refractivity contribution in [2.45, 2.75) is 27.2 Å². The van der Waals surface area contributed by atoms with Gasteiger partial charge in [0.25, 0.3) is 5.69 Å². The molecule has 13 nitrogen and oxygen atoms in total. The van der Waals surface area contributed by atoms with Crippen LogP contribution in [-0.4, -0.2) is 41.4 Å². The maximum atomic E-state index is 12.0. The zero-order valence-corrected chi connectivity index (χ0v) is 20.1. The van der Waals surface area contributed by atoms with Crippen molar-refractivity contribution in [3.8, 4) is 0 Å². The fraction of sp³-hybridized carbons (Fsp3) is 0.304. The van der Waals surface area contributed by atoms with Crippen LogP contribution in [0, 0.1) is 20.2 Å². The molecule has 0 bridgehead atoms. The molecule has 0 saturated carbocycles. The van der Waals surface area contributed by atoms with Crippen molar-refractivity contribution < 1.29 is 24.2 Å². The van der Waals surface area contributed by atoms with Crippen LogP contribution in [-0.2, 0) is 14.3 Å². The number of nitro groups is 2. The molecule has 0 unspecified atom stereocenters. The van der Waals surface area contributed by atoms with Gasteiger partial charge in [-0.15, -0.1) is 10.2 Å². The van der Waals surface area contributed by atoms with Gasteiger partial charge in [0.05, 0.1) is 28.0 Å². The number of azo groups is 1. The number of amides is 1. The number of non-ortho nitro benzene ring substituents is 1. The van der Waals surface area contributed by atoms with Crippen LogP contribution in [0.15, 0.2) is 58.8 Å². The molecule has 13 heteroatoms. The number of hydrogen-bond acceptors (Lipinski definition) is 10. The van der Waals surface area contributed by atoms with Gasteiger partial charge in [-0.25, -0.2) is 0 Å². The predicted molar refractivity (Wildman–Crippen MR) is 133 cm³/mol. The first-order valence-corrected chi connectivity index (χ1v) is 10.8. The summed E-state index contributed by atoms with van der Waals surface area (Å²) in [4.78, 5) is 46.3. The minimum Gasteiger partial charge on any atom is -0.461 e. The fourth-order valence-electron chi connectivity index (χ4n) is 3.03. The van der Waals surface area contributed by atoms with Crippen LogP contribution in [0.1, 0.15) is 27.2 Å². The molecule has 0 heterocycles. The lowest BCUT2D eigenvalue weighted by atomic mass is 10.2. The van der Waals surface area contributed by atoms with E-state index < -0.39 is 21.2 Å². The summed E-state index contributed by atoms with van der Waals surface area (Å²) in [5.41, 5.74) is 0.698. The summed E-state index contributed by atoms with van der Waals surface area (Å²) >= 11 is 0. The minimum atomic E-state index is -0.792. The van der Waals surface area contributed by atoms with Crippen LogP contribution in [0.25, 0.3) is 0 Å². The van der Waals surface area contributed by atoms with Crippen LogP contribution in [0.4, 0.5) is 34.1 Å². The molecule has 0 saturated heterocycles. The largest absolute Gasteiger partial charge is 0.461 e. The number of rotatable bonds is 12. The number of nitrogens with zero attached hydrogens (tertiary/aromatic N) is 5. The highest BCUT2D eigenvalue weighted by molar-refractivity contribution is 5.93. The molecule has 0 aliphatic rings. The van der Waals surface area contributed by atoms with Crippen molar-refractivity contribution in [3.05, 3.63) is 68.8 Å². The summed E-state index contributed by atoms with van der Waals surface area (Å²) in [6.45, 7) is 9.73. The lowest BCUT2D eigenvalue weighted by Crippen LogP contribution is -2.26. The van der Waals surface area contributed by atoms with E-state index in [0.29, 0.717) is 18.8 Å². The third-order valence-corrected chi connectivity index (χ3v) is 4.74. The van der Waals surface area contributed by atoms with Crippen molar-refractivity contribution in [2.24, 2.45) is 10.2 Å². The summed E-state index contributed by atoms with van der Waals surface area (Å²) in [6.07, 6.45) is 0.141. The van der Waals surface area contributed by atoms with Gasteiger partial charge >= 0.3 is 11.7 Å². The first kappa shape index (κ1) is 27.6. The Bertz CT molecular complexity index is 1210. The number of benzene rings is 2. The van der Waals surface area contributed by atoms with Crippen LogP contribution >= 0.6 is 0 Å². The number of nitro benzene ring substituents is 2. The Morgan fingerprint density at radius 3 is 2.31 bits per heavy atom. The number of hydrogen-bond donors (Lipinski definition) is 1. The van der Waals surface area contributed by atoms with Crippen molar-refractivity contribution in [1.29, 1.82) is 0 Å². The second-order valence-corrected chi connectivity index (χ2v) is 7.72. The summed E-state index contributed by atoms with van der Waals surface area (Å²) < 4.78 is 5.12. The number of nitrogens with one attached hydrogen (secondary N) is 1. The highest BCUT2D eigenvalue weighted by Crippen LogP contribution is 2.35. The standard InChI is InChI=1S/C23H26N6O7/c1-5-27(11-10-23(31)36-14-15(2)3)17-6-8-19(21(12-17)24-16(4)30)25-26-20-9-7-18(28(32)33)13-22(20)29(34)35/h6-9,12-13H,2,5,10-11,14H2,1,3-4H3,(H,24,30). The van der Waals surface area contributed by atoms with Crippen LogP contribution in [0.5, 0.6) is 0 Å². The van der Waals surface area contributed by atoms with Crippen molar-refractivity contribution >= 4 is 46.0 Å². The van der Waals surface area contributed by atoms with Gasteiger partial charge in [-0.1, -0.05) is 6.58 Å². The first-order valence-electron chi connectivity index (χ1n) is 10.8. The summed E-state index contributed by atoms with van der Waals surface area (Å²) in [7, 11) is 0. The van der Waals surface area contributed by atoms with Gasteiger partial charge in [0, 0.05) is 31.8 Å². The molecule has 0 aliphatic heterocycles. The molecule has 2 aromatic carbocycles. The highest BCUT2D eigenvalue weighted by Gasteiger charge is 2.20. The molecule has 0 atom stereocenters. The predicted octanol–water partition coefficient (Wildman–Crippen LogP) is 5.21. The van der Waals surface area contributed by atoms with Gasteiger partial charge in [-0.05, 0) is 43.7 Å². The molecular formula is C23H26N6O7. The molecule has 36 heavy (non-hydrogen) atoms. The van der Waals surface area contributed by atoms with E-state index in [9.17, 15) is 29.8 Å². The second-order valence-electron chi connectivity index (χ2n) is 7.72. The van der Waals surface area contributed by atoms with Crippen LogP contribution < -0.4 is 10.2 Å². The second kappa shape index (κ2) is 12.7. The van der Waals surface area contributed by atoms with Crippen molar-refractivity contribution in [2.75, 3.05) is 29.9 Å². The summed E-state index contributed by atoms with van der Waals surface area (Å²) in [6, 6.07) is 7.91. The van der Waals surface area contributed by atoms with E-state index in [1.165, 1.54) is 6.92 Å². The summed E-state index contributed by atoms with van der Waals surface area (Å²) in [5, 5.41) is 32.8. The van der Waals surface area contributed by atoms with Gasteiger partial charge in [0.15, 0.2) is 5.69 Å². The molecule has 0 fully saturated rings. The van der Waals surface area contributed by atoms with Gasteiger partial charge in [0.1, 0.15) is 12.3 Å². The van der Waals surface area contributed by atoms with E-state index in [0.717, 1.165) is 23.8 Å². The maximum absolute atomic E-state index is 12.0. The molecule has 0 spiro atoms. The average molecular weight is 498 g/mol. The number of carbonyl (C=O) groups is 2. The Hall–Kier alpha value is -4.68. The number of carbonyl (C=O) groups excluding carboxylic acids is 2. The SMILES string of the molecule is C=C(C)COC(=O)CCN(CC)c1ccc(N=Nc2ccc([N+](=O)[O-])cc2[N+](=O)[O-])c(NC(C)=O)c1. The Kier molecular flexibility index (Phi) is 9.72. The van der Waals surface area contributed by atoms with E-state index in [-0.39, 0.29) is 42.0 Å². The molecule has 2 aromatic rings. The van der Waals surface area contributed by atoms with Crippen molar-refractivity contribution in [3.63, 3.8) is 0 Å². The normalized spacial score (nSPS) is 10.6. The lowest BCUT2D eigenvalue weighted by Gasteiger charge is -2.23. The van der Waals surface area contributed by atoms with E-state index in [4.69, 9.17) is 4.74 Å². The summed E-state index contributed by atoms with van der Waals surface area (Å²) in [5.74, 6) is -0.745. The topological polar surface area (TPSA) is 170 Å². The van der Waals surface area contributed by atoms with Gasteiger partial charge in [0.2, 0.25) is 5.91 Å². The van der Waals surface area contributed by atoms with Crippen LogP contribution in [0.2, 0.25) is 0 Å². The molecule has 1 N–H and O–H groups in total. The Labute approximate surface area is 206 Å². The van der Waals surface area contributed by atoms with E-state index >= 15 is 0 Å². The van der Waals surface area contributed by atoms with E-state index in [1.54, 1.807) is 25.1 Å². The molecule has 0 aromatic heterocycles. The van der Waals surface area contributed by atoms with Crippen molar-refractivity contribution in [1.82, 2.24) is 0 Å². The average Bonchev–Trinajstić information content (AvgIpc) is 2.81. The van der Waals surface area contributed by atoms with Crippen LogP contribution in [0.3, 0.4) is 0 Å². The van der Waals surface area contributed by atoms with Gasteiger partial charge in [-0.3, -0.25) is 29.8 Å². The minimum absolute atomic E-state index is 0.141. The maximum Gasteiger partial charge on any atom is 0.307 e. The molecular weight excluding hydrogens is 472 g/mol. The monoisotopic (exact) mass is 498 g/mol. The third kappa shape index (κ3) is 7.97. The van der Waals surface area contributed by atoms with E-state index in [2.05, 4.69) is 22.1 Å². The van der Waals surface area contributed by atoms with Gasteiger partial charge in [-0.2, -0.15) is 0 Å². The quantitative estimate of drug-likeness (QED) is 0.137. The first-order chi connectivity index (χ1) is 17.0.